The van der Waals surface area contributed by atoms with Gasteiger partial charge in [0.05, 0.1) is 5.92 Å². The van der Waals surface area contributed by atoms with Crippen molar-refractivity contribution in [3.63, 3.8) is 0 Å². The van der Waals surface area contributed by atoms with Crippen LogP contribution in [0.1, 0.15) is 39.5 Å². The van der Waals surface area contributed by atoms with E-state index in [9.17, 15) is 4.79 Å². The first-order chi connectivity index (χ1) is 5.35. The van der Waals surface area contributed by atoms with Crippen LogP contribution in [0.2, 0.25) is 0 Å². The molecule has 0 unspecified atom stereocenters. The van der Waals surface area contributed by atoms with E-state index < -0.39 is 0 Å². The largest absolute Gasteiger partial charge is 0.302 e. The minimum absolute atomic E-state index is 0.259. The van der Waals surface area contributed by atoms with Crippen molar-refractivity contribution in [2.45, 2.75) is 39.5 Å². The van der Waals surface area contributed by atoms with E-state index in [4.69, 9.17) is 0 Å². The van der Waals surface area contributed by atoms with E-state index in [0.717, 1.165) is 19.1 Å². The van der Waals surface area contributed by atoms with Gasteiger partial charge in [0.2, 0.25) is 0 Å². The van der Waals surface area contributed by atoms with Gasteiger partial charge in [0.25, 0.3) is 0 Å². The van der Waals surface area contributed by atoms with Crippen LogP contribution in [0.4, 0.5) is 0 Å². The highest BCUT2D eigenvalue weighted by Gasteiger charge is 2.33. The van der Waals surface area contributed by atoms with E-state index in [-0.39, 0.29) is 5.92 Å². The Morgan fingerprint density at radius 3 is 1.91 bits per heavy atom. The van der Waals surface area contributed by atoms with Gasteiger partial charge >= 0.3 is 0 Å². The highest BCUT2D eigenvalue weighted by atomic mass is 16.1. The van der Waals surface area contributed by atoms with Crippen molar-refractivity contribution in [1.82, 2.24) is 0 Å². The number of carbonyl (C=O) groups is 1. The quantitative estimate of drug-likeness (QED) is 0.437. The smallest absolute Gasteiger partial charge is 0.131 e. The number of carbonyl (C=O) groups excluding carboxylic acids is 1. The Balaban J connectivity index is 2.40. The molecule has 0 spiro atoms. The lowest BCUT2D eigenvalue weighted by molar-refractivity contribution is -0.108. The average molecular weight is 152 g/mol. The Kier molecular flexibility index (Phi) is 2.86. The predicted octanol–water partition coefficient (Wildman–Crippen LogP) is 2.71. The summed E-state index contributed by atoms with van der Waals surface area (Å²) in [4.78, 5) is 10.5. The molecular weight excluding hydrogens is 136 g/mol. The second-order valence-corrected chi connectivity index (χ2v) is 3.16. The van der Waals surface area contributed by atoms with E-state index in [0.29, 0.717) is 0 Å². The van der Waals surface area contributed by atoms with Crippen molar-refractivity contribution in [3.05, 3.63) is 11.1 Å². The fraction of sp³-hybridized carbons (Fsp3) is 0.700. The molecule has 1 aliphatic rings. The maximum absolute atomic E-state index is 10.5. The van der Waals surface area contributed by atoms with E-state index in [2.05, 4.69) is 13.8 Å². The Bertz CT molecular complexity index is 163. The number of allylic oxidation sites excluding steroid dienone is 2. The monoisotopic (exact) mass is 152 g/mol. The number of rotatable bonds is 5. The summed E-state index contributed by atoms with van der Waals surface area (Å²) in [5.74, 6) is 0.259. The van der Waals surface area contributed by atoms with Crippen molar-refractivity contribution >= 4 is 6.29 Å². The van der Waals surface area contributed by atoms with E-state index >= 15 is 0 Å². The molecule has 0 fully saturated rings. The zero-order chi connectivity index (χ0) is 8.27. The first-order valence-electron chi connectivity index (χ1n) is 4.52. The number of hydrogen-bond acceptors (Lipinski definition) is 1. The van der Waals surface area contributed by atoms with Crippen LogP contribution in [0.5, 0.6) is 0 Å². The van der Waals surface area contributed by atoms with Gasteiger partial charge in [-0.05, 0) is 12.8 Å². The molecule has 1 heteroatoms. The standard InChI is InChI=1S/C10H16O/c1-3-5-8-9(6-4-2)10(8)7-11/h7,10H,3-6H2,1-2H3. The van der Waals surface area contributed by atoms with Gasteiger partial charge in [-0.3, -0.25) is 0 Å². The topological polar surface area (TPSA) is 17.1 Å². The minimum atomic E-state index is 0.259. The van der Waals surface area contributed by atoms with Crippen molar-refractivity contribution in [1.29, 1.82) is 0 Å². The van der Waals surface area contributed by atoms with E-state index in [1.54, 1.807) is 0 Å². The molecule has 62 valence electrons. The lowest BCUT2D eigenvalue weighted by Gasteiger charge is -1.85. The molecule has 11 heavy (non-hydrogen) atoms. The van der Waals surface area contributed by atoms with Crippen molar-refractivity contribution < 1.29 is 4.79 Å². The van der Waals surface area contributed by atoms with Crippen molar-refractivity contribution in [2.24, 2.45) is 5.92 Å². The summed E-state index contributed by atoms with van der Waals surface area (Å²) >= 11 is 0. The molecule has 0 N–H and O–H groups in total. The molecule has 0 aliphatic heterocycles. The van der Waals surface area contributed by atoms with Crippen LogP contribution in [0.15, 0.2) is 11.1 Å². The third-order valence-electron chi connectivity index (χ3n) is 2.25. The molecule has 0 saturated carbocycles. The van der Waals surface area contributed by atoms with Gasteiger partial charge in [-0.25, -0.2) is 0 Å². The Labute approximate surface area is 68.5 Å². The van der Waals surface area contributed by atoms with Gasteiger partial charge in [0, 0.05) is 0 Å². The Morgan fingerprint density at radius 2 is 1.64 bits per heavy atom. The summed E-state index contributed by atoms with van der Waals surface area (Å²) in [6.45, 7) is 4.33. The Morgan fingerprint density at radius 1 is 1.18 bits per heavy atom. The molecule has 0 aromatic rings. The lowest BCUT2D eigenvalue weighted by atomic mass is 10.2. The summed E-state index contributed by atoms with van der Waals surface area (Å²) in [5.41, 5.74) is 2.87. The molecule has 0 atom stereocenters. The van der Waals surface area contributed by atoms with Crippen molar-refractivity contribution in [2.75, 3.05) is 0 Å². The minimum Gasteiger partial charge on any atom is -0.302 e. The molecule has 1 rings (SSSR count). The van der Waals surface area contributed by atoms with Crippen LogP contribution in [0, 0.1) is 5.92 Å². The van der Waals surface area contributed by atoms with Crippen LogP contribution in [-0.2, 0) is 4.79 Å². The summed E-state index contributed by atoms with van der Waals surface area (Å²) in [6.07, 6.45) is 5.72. The summed E-state index contributed by atoms with van der Waals surface area (Å²) < 4.78 is 0. The molecule has 1 aliphatic carbocycles. The second kappa shape index (κ2) is 3.70. The van der Waals surface area contributed by atoms with Gasteiger partial charge in [0.15, 0.2) is 0 Å². The molecule has 0 aromatic carbocycles. The van der Waals surface area contributed by atoms with Crippen LogP contribution < -0.4 is 0 Å². The average Bonchev–Trinajstić information content (AvgIpc) is 2.65. The van der Waals surface area contributed by atoms with E-state index in [1.165, 1.54) is 24.0 Å². The fourth-order valence-electron chi connectivity index (χ4n) is 1.68. The predicted molar refractivity (Wildman–Crippen MR) is 46.4 cm³/mol. The molecule has 0 aromatic heterocycles. The molecule has 1 nitrogen and oxygen atoms in total. The maximum Gasteiger partial charge on any atom is 0.131 e. The van der Waals surface area contributed by atoms with Gasteiger partial charge in [-0.2, -0.15) is 0 Å². The Hall–Kier alpha value is -0.590. The van der Waals surface area contributed by atoms with Gasteiger partial charge in [-0.15, -0.1) is 0 Å². The summed E-state index contributed by atoms with van der Waals surface area (Å²) in [7, 11) is 0. The summed E-state index contributed by atoms with van der Waals surface area (Å²) in [5, 5.41) is 0. The molecule has 0 amide bonds. The van der Waals surface area contributed by atoms with Crippen molar-refractivity contribution in [3.8, 4) is 0 Å². The van der Waals surface area contributed by atoms with E-state index in [1.807, 2.05) is 0 Å². The first kappa shape index (κ1) is 8.51. The highest BCUT2D eigenvalue weighted by Crippen LogP contribution is 2.43. The SMILES string of the molecule is CCCC1=C(CCC)C1C=O. The number of aldehydes is 1. The molecule has 0 bridgehead atoms. The normalized spacial score (nSPS) is 17.3. The zero-order valence-electron chi connectivity index (χ0n) is 7.39. The second-order valence-electron chi connectivity index (χ2n) is 3.16. The first-order valence-corrected chi connectivity index (χ1v) is 4.52. The van der Waals surface area contributed by atoms with Gasteiger partial charge in [-0.1, -0.05) is 37.8 Å². The van der Waals surface area contributed by atoms with Crippen LogP contribution in [-0.4, -0.2) is 6.29 Å². The van der Waals surface area contributed by atoms with Gasteiger partial charge in [0.1, 0.15) is 6.29 Å². The van der Waals surface area contributed by atoms with Crippen LogP contribution in [0.3, 0.4) is 0 Å². The third kappa shape index (κ3) is 1.70. The molecule has 0 heterocycles. The third-order valence-corrected chi connectivity index (χ3v) is 2.25. The molecular formula is C10H16O. The zero-order valence-corrected chi connectivity index (χ0v) is 7.39. The number of hydrogen-bond donors (Lipinski definition) is 0. The lowest BCUT2D eigenvalue weighted by Crippen LogP contribution is -1.83. The van der Waals surface area contributed by atoms with Gasteiger partial charge < -0.3 is 4.79 Å². The highest BCUT2D eigenvalue weighted by molar-refractivity contribution is 5.73. The maximum atomic E-state index is 10.5. The molecule has 0 radical (unpaired) electrons. The summed E-state index contributed by atoms with van der Waals surface area (Å²) in [6, 6.07) is 0. The van der Waals surface area contributed by atoms with Crippen LogP contribution >= 0.6 is 0 Å². The molecule has 0 saturated heterocycles. The van der Waals surface area contributed by atoms with Crippen LogP contribution in [0.25, 0.3) is 0 Å². The fourth-order valence-corrected chi connectivity index (χ4v) is 1.68.